The maximum Gasteiger partial charge on any atom is 0.0953 e. The van der Waals surface area contributed by atoms with Crippen LogP contribution in [0.5, 0.6) is 0 Å². The Bertz CT molecular complexity index is 239. The van der Waals surface area contributed by atoms with E-state index < -0.39 is 0 Å². The highest BCUT2D eigenvalue weighted by Gasteiger charge is 2.04. The van der Waals surface area contributed by atoms with Gasteiger partial charge in [0, 0.05) is 35.3 Å². The zero-order valence-electron chi connectivity index (χ0n) is 5.39. The van der Waals surface area contributed by atoms with E-state index in [1.807, 2.05) is 12.1 Å². The minimum atomic E-state index is 0.617. The molecule has 0 saturated carbocycles. The molecule has 5 heteroatoms. The Hall–Kier alpha value is -0.310. The van der Waals surface area contributed by atoms with Crippen molar-refractivity contribution in [3.8, 4) is 0 Å². The van der Waals surface area contributed by atoms with Crippen LogP contribution in [0.25, 0.3) is 0 Å². The lowest BCUT2D eigenvalue weighted by Gasteiger charge is -2.09. The van der Waals surface area contributed by atoms with Gasteiger partial charge in [-0.3, -0.25) is 4.84 Å². The fourth-order valence-corrected chi connectivity index (χ4v) is 1.16. The van der Waals surface area contributed by atoms with Gasteiger partial charge in [-0.05, 0) is 12.1 Å². The largest absolute Gasteiger partial charge is 0.296 e. The predicted molar refractivity (Wildman–Crippen MR) is 50.1 cm³/mol. The van der Waals surface area contributed by atoms with Gasteiger partial charge in [-0.25, -0.2) is 0 Å². The number of rotatable bonds is 2. The van der Waals surface area contributed by atoms with Gasteiger partial charge in [0.1, 0.15) is 0 Å². The minimum Gasteiger partial charge on any atom is -0.296 e. The molecule has 2 nitrogen and oxygen atoms in total. The number of halogens is 3. The molecule has 0 aliphatic rings. The van der Waals surface area contributed by atoms with E-state index in [0.29, 0.717) is 11.4 Å². The molecule has 0 aliphatic heterocycles. The van der Waals surface area contributed by atoms with Crippen molar-refractivity contribution in [2.24, 2.45) is 0 Å². The second kappa shape index (κ2) is 3.90. The highest BCUT2D eigenvalue weighted by atomic mass is 35.5. The number of nitrogens with zero attached hydrogens (tertiary/aromatic N) is 1. The summed E-state index contributed by atoms with van der Waals surface area (Å²) in [5.74, 6) is 0. The Kier molecular flexibility index (Phi) is 3.12. The topological polar surface area (TPSA) is 15.3 Å². The van der Waals surface area contributed by atoms with E-state index in [9.17, 15) is 0 Å². The predicted octanol–water partition coefficient (Wildman–Crippen LogP) is 3.37. The van der Waals surface area contributed by atoms with Crippen molar-refractivity contribution in [2.45, 2.75) is 0 Å². The minimum absolute atomic E-state index is 0.617. The summed E-state index contributed by atoms with van der Waals surface area (Å²) in [7, 11) is 0. The summed E-state index contributed by atoms with van der Waals surface area (Å²) in [6, 6.07) is 7.14. The van der Waals surface area contributed by atoms with Gasteiger partial charge in [-0.15, -0.1) is 0 Å². The summed E-state index contributed by atoms with van der Waals surface area (Å²) in [4.78, 5) is 2.44. The van der Waals surface area contributed by atoms with Gasteiger partial charge < -0.3 is 0 Å². The van der Waals surface area contributed by atoms with Crippen LogP contribution in [0.3, 0.4) is 0 Å². The Morgan fingerprint density at radius 2 is 1.82 bits per heavy atom. The van der Waals surface area contributed by atoms with Gasteiger partial charge in [0.15, 0.2) is 0 Å². The Labute approximate surface area is 80.0 Å². The van der Waals surface area contributed by atoms with E-state index in [-0.39, 0.29) is 0 Å². The lowest BCUT2D eigenvalue weighted by Crippen LogP contribution is -1.95. The molecule has 0 radical (unpaired) electrons. The first-order valence-corrected chi connectivity index (χ1v) is 3.88. The maximum absolute atomic E-state index is 5.49. The van der Waals surface area contributed by atoms with Crippen molar-refractivity contribution in [3.63, 3.8) is 0 Å². The first-order chi connectivity index (χ1) is 5.25. The summed E-state index contributed by atoms with van der Waals surface area (Å²) in [5.41, 5.74) is 1.28. The molecule has 0 atom stereocenters. The second-order valence-electron chi connectivity index (χ2n) is 1.84. The van der Waals surface area contributed by atoms with Crippen LogP contribution < -0.4 is 8.77 Å². The van der Waals surface area contributed by atoms with Crippen LogP contribution in [-0.4, -0.2) is 0 Å². The standard InChI is InChI=1S/C6H5Cl3N2/c7-10-5-3-1-2-4-6(5)11(8)9/h1-4,10H. The number of hydrogen-bond donors (Lipinski definition) is 1. The van der Waals surface area contributed by atoms with Crippen LogP contribution in [0.15, 0.2) is 24.3 Å². The average Bonchev–Trinajstić information content (AvgIpc) is 2.04. The van der Waals surface area contributed by atoms with Crippen LogP contribution in [0.2, 0.25) is 0 Å². The zero-order valence-corrected chi connectivity index (χ0v) is 7.66. The van der Waals surface area contributed by atoms with Crippen molar-refractivity contribution in [1.29, 1.82) is 0 Å². The molecule has 0 aromatic heterocycles. The Balaban J connectivity index is 3.02. The van der Waals surface area contributed by atoms with Gasteiger partial charge in [-0.1, -0.05) is 12.1 Å². The first kappa shape index (κ1) is 8.78. The summed E-state index contributed by atoms with van der Waals surface area (Å²) in [5, 5.41) is 0. The number of anilines is 2. The molecule has 1 N–H and O–H groups in total. The third-order valence-corrected chi connectivity index (χ3v) is 1.76. The lowest BCUT2D eigenvalue weighted by molar-refractivity contribution is 1.57. The van der Waals surface area contributed by atoms with Gasteiger partial charge in [-0.2, -0.15) is 3.94 Å². The molecule has 0 fully saturated rings. The fraction of sp³-hybridized carbons (Fsp3) is 0. The van der Waals surface area contributed by atoms with Crippen LogP contribution in [-0.2, 0) is 0 Å². The van der Waals surface area contributed by atoms with Crippen molar-refractivity contribution in [1.82, 2.24) is 0 Å². The molecule has 1 aromatic rings. The van der Waals surface area contributed by atoms with E-state index in [0.717, 1.165) is 3.94 Å². The van der Waals surface area contributed by atoms with Crippen LogP contribution in [0.4, 0.5) is 11.4 Å². The number of para-hydroxylation sites is 2. The molecule has 0 bridgehead atoms. The Morgan fingerprint density at radius 3 is 2.27 bits per heavy atom. The third kappa shape index (κ3) is 2.06. The smallest absolute Gasteiger partial charge is 0.0953 e. The molecule has 60 valence electrons. The number of hydrogen-bond acceptors (Lipinski definition) is 2. The molecule has 0 spiro atoms. The summed E-state index contributed by atoms with van der Waals surface area (Å²) < 4.78 is 0.949. The van der Waals surface area contributed by atoms with Gasteiger partial charge in [0.2, 0.25) is 0 Å². The number of nitrogens with one attached hydrogen (secondary N) is 1. The van der Waals surface area contributed by atoms with Crippen LogP contribution >= 0.6 is 35.3 Å². The monoisotopic (exact) mass is 210 g/mol. The van der Waals surface area contributed by atoms with Gasteiger partial charge in [0.05, 0.1) is 11.4 Å². The molecule has 0 unspecified atom stereocenters. The van der Waals surface area contributed by atoms with Crippen molar-refractivity contribution in [3.05, 3.63) is 24.3 Å². The van der Waals surface area contributed by atoms with E-state index >= 15 is 0 Å². The molecule has 0 aliphatic carbocycles. The van der Waals surface area contributed by atoms with Crippen LogP contribution in [0.1, 0.15) is 0 Å². The number of benzene rings is 1. The maximum atomic E-state index is 5.49. The fourth-order valence-electron chi connectivity index (χ4n) is 0.701. The normalized spacial score (nSPS) is 9.36. The molecular formula is C6H5Cl3N2. The zero-order chi connectivity index (χ0) is 8.27. The van der Waals surface area contributed by atoms with E-state index in [1.54, 1.807) is 12.1 Å². The Morgan fingerprint density at radius 1 is 1.18 bits per heavy atom. The highest BCUT2D eigenvalue weighted by Crippen LogP contribution is 2.28. The first-order valence-electron chi connectivity index (χ1n) is 2.83. The van der Waals surface area contributed by atoms with Crippen LogP contribution in [0, 0.1) is 0 Å². The second-order valence-corrected chi connectivity index (χ2v) is 2.88. The molecule has 11 heavy (non-hydrogen) atoms. The highest BCUT2D eigenvalue weighted by molar-refractivity contribution is 6.50. The van der Waals surface area contributed by atoms with Crippen molar-refractivity contribution < 1.29 is 0 Å². The van der Waals surface area contributed by atoms with Crippen molar-refractivity contribution in [2.75, 3.05) is 8.77 Å². The molecule has 1 rings (SSSR count). The van der Waals surface area contributed by atoms with Gasteiger partial charge >= 0.3 is 0 Å². The quantitative estimate of drug-likeness (QED) is 0.755. The summed E-state index contributed by atoms with van der Waals surface area (Å²) in [6.07, 6.45) is 0. The van der Waals surface area contributed by atoms with E-state index in [2.05, 4.69) is 4.84 Å². The average molecular weight is 211 g/mol. The SMILES string of the molecule is ClNc1ccccc1N(Cl)Cl. The van der Waals surface area contributed by atoms with E-state index in [1.165, 1.54) is 0 Å². The lowest BCUT2D eigenvalue weighted by atomic mass is 10.3. The molecular weight excluding hydrogens is 206 g/mol. The molecule has 0 amide bonds. The van der Waals surface area contributed by atoms with Crippen molar-refractivity contribution >= 4 is 46.7 Å². The third-order valence-electron chi connectivity index (χ3n) is 1.19. The molecule has 0 heterocycles. The van der Waals surface area contributed by atoms with Gasteiger partial charge in [0.25, 0.3) is 0 Å². The molecule has 0 saturated heterocycles. The molecule has 1 aromatic carbocycles. The summed E-state index contributed by atoms with van der Waals surface area (Å²) >= 11 is 16.4. The van der Waals surface area contributed by atoms with E-state index in [4.69, 9.17) is 35.3 Å². The summed E-state index contributed by atoms with van der Waals surface area (Å²) in [6.45, 7) is 0.